The average Bonchev–Trinajstić information content (AvgIpc) is 2.81. The summed E-state index contributed by atoms with van der Waals surface area (Å²) in [6, 6.07) is 13.1. The van der Waals surface area contributed by atoms with Gasteiger partial charge >= 0.3 is 0 Å². The number of carbonyl (C=O) groups excluding carboxylic acids is 1. The summed E-state index contributed by atoms with van der Waals surface area (Å²) in [4.78, 5) is 23.7. The summed E-state index contributed by atoms with van der Waals surface area (Å²) in [5, 5.41) is 2.99. The molecule has 1 aliphatic heterocycles. The number of ether oxygens (including phenoxy) is 1. The van der Waals surface area contributed by atoms with E-state index in [9.17, 15) is 9.59 Å². The van der Waals surface area contributed by atoms with Crippen molar-refractivity contribution in [3.8, 4) is 5.75 Å². The molecule has 24 heavy (non-hydrogen) atoms. The van der Waals surface area contributed by atoms with Crippen LogP contribution in [0.2, 0.25) is 0 Å². The molecule has 5 heteroatoms. The second-order valence-corrected chi connectivity index (χ2v) is 6.10. The molecule has 5 nitrogen and oxygen atoms in total. The molecule has 1 amide bonds. The number of nitrogens with one attached hydrogen (secondary N) is 1. The molecular weight excluding hydrogens is 304 g/mol. The highest BCUT2D eigenvalue weighted by molar-refractivity contribution is 5.75. The third-order valence-corrected chi connectivity index (χ3v) is 4.33. The van der Waals surface area contributed by atoms with Gasteiger partial charge in [-0.05, 0) is 36.5 Å². The highest BCUT2D eigenvalue weighted by atomic mass is 16.5. The zero-order valence-corrected chi connectivity index (χ0v) is 13.6. The maximum atomic E-state index is 12.0. The van der Waals surface area contributed by atoms with Crippen molar-refractivity contribution in [2.24, 2.45) is 5.92 Å². The van der Waals surface area contributed by atoms with Crippen LogP contribution in [-0.2, 0) is 17.8 Å². The largest absolute Gasteiger partial charge is 0.493 e. The van der Waals surface area contributed by atoms with E-state index in [1.165, 1.54) is 11.6 Å². The number of hydrogen-bond acceptors (Lipinski definition) is 3. The number of rotatable bonds is 5. The Hall–Kier alpha value is -2.56. The zero-order chi connectivity index (χ0) is 16.8. The second kappa shape index (κ2) is 7.81. The lowest BCUT2D eigenvalue weighted by atomic mass is 9.97. The molecule has 1 aliphatic rings. The maximum Gasteiger partial charge on any atom is 0.250 e. The van der Waals surface area contributed by atoms with Gasteiger partial charge in [-0.3, -0.25) is 9.59 Å². The SMILES string of the molecule is O=C(CCn1ccccc1=O)NC[C@@H]1CCOc2ccccc2C1. The van der Waals surface area contributed by atoms with E-state index in [4.69, 9.17) is 4.74 Å². The average molecular weight is 326 g/mol. The van der Waals surface area contributed by atoms with Crippen LogP contribution in [0.15, 0.2) is 53.5 Å². The van der Waals surface area contributed by atoms with E-state index in [1.807, 2.05) is 18.2 Å². The molecule has 0 saturated carbocycles. The van der Waals surface area contributed by atoms with Crippen LogP contribution in [0.1, 0.15) is 18.4 Å². The Morgan fingerprint density at radius 2 is 2.04 bits per heavy atom. The first kappa shape index (κ1) is 16.3. The van der Waals surface area contributed by atoms with Crippen LogP contribution < -0.4 is 15.6 Å². The first-order valence-electron chi connectivity index (χ1n) is 8.35. The minimum absolute atomic E-state index is 0.0239. The van der Waals surface area contributed by atoms with E-state index in [2.05, 4.69) is 11.4 Å². The van der Waals surface area contributed by atoms with Gasteiger partial charge in [0.1, 0.15) is 5.75 Å². The van der Waals surface area contributed by atoms with Crippen molar-refractivity contribution in [3.05, 3.63) is 64.6 Å². The van der Waals surface area contributed by atoms with Crippen molar-refractivity contribution in [2.75, 3.05) is 13.2 Å². The van der Waals surface area contributed by atoms with Crippen LogP contribution in [0.5, 0.6) is 5.75 Å². The summed E-state index contributed by atoms with van der Waals surface area (Å²) in [5.41, 5.74) is 1.12. The summed E-state index contributed by atoms with van der Waals surface area (Å²) in [6.45, 7) is 1.72. The highest BCUT2D eigenvalue weighted by Gasteiger charge is 2.17. The lowest BCUT2D eigenvalue weighted by Gasteiger charge is -2.15. The van der Waals surface area contributed by atoms with Crippen LogP contribution >= 0.6 is 0 Å². The number of aryl methyl sites for hydroxylation is 1. The van der Waals surface area contributed by atoms with Gasteiger partial charge in [0.15, 0.2) is 0 Å². The predicted molar refractivity (Wildman–Crippen MR) is 92.1 cm³/mol. The summed E-state index contributed by atoms with van der Waals surface area (Å²) in [5.74, 6) is 1.30. The molecule has 1 atom stereocenters. The van der Waals surface area contributed by atoms with Crippen molar-refractivity contribution in [2.45, 2.75) is 25.8 Å². The van der Waals surface area contributed by atoms with Crippen LogP contribution in [-0.4, -0.2) is 23.6 Å². The number of carbonyl (C=O) groups is 1. The van der Waals surface area contributed by atoms with Gasteiger partial charge in [-0.15, -0.1) is 0 Å². The number of benzene rings is 1. The third-order valence-electron chi connectivity index (χ3n) is 4.33. The molecule has 0 radical (unpaired) electrons. The topological polar surface area (TPSA) is 60.3 Å². The molecular formula is C19H22N2O3. The maximum absolute atomic E-state index is 12.0. The molecule has 1 aromatic carbocycles. The molecule has 0 fully saturated rings. The Bertz CT molecular complexity index is 754. The van der Waals surface area contributed by atoms with Crippen LogP contribution in [0.3, 0.4) is 0 Å². The summed E-state index contributed by atoms with van der Waals surface area (Å²) >= 11 is 0. The smallest absolute Gasteiger partial charge is 0.250 e. The molecule has 2 aromatic rings. The second-order valence-electron chi connectivity index (χ2n) is 6.10. The van der Waals surface area contributed by atoms with Crippen LogP contribution in [0.25, 0.3) is 0 Å². The molecule has 0 saturated heterocycles. The molecule has 126 valence electrons. The highest BCUT2D eigenvalue weighted by Crippen LogP contribution is 2.26. The minimum atomic E-state index is -0.0807. The van der Waals surface area contributed by atoms with Crippen LogP contribution in [0, 0.1) is 5.92 Å². The Morgan fingerprint density at radius 3 is 2.92 bits per heavy atom. The number of nitrogens with zero attached hydrogens (tertiary/aromatic N) is 1. The Balaban J connectivity index is 1.48. The van der Waals surface area contributed by atoms with Crippen molar-refractivity contribution in [3.63, 3.8) is 0 Å². The number of para-hydroxylation sites is 1. The van der Waals surface area contributed by atoms with Gasteiger partial charge in [-0.1, -0.05) is 24.3 Å². The Kier molecular flexibility index (Phi) is 5.31. The molecule has 3 rings (SSSR count). The number of pyridine rings is 1. The Labute approximate surface area is 141 Å². The third kappa shape index (κ3) is 4.25. The summed E-state index contributed by atoms with van der Waals surface area (Å²) in [6.07, 6.45) is 3.85. The molecule has 0 spiro atoms. The summed E-state index contributed by atoms with van der Waals surface area (Å²) in [7, 11) is 0. The lowest BCUT2D eigenvalue weighted by Crippen LogP contribution is -2.32. The number of amides is 1. The molecule has 0 bridgehead atoms. The number of hydrogen-bond donors (Lipinski definition) is 1. The Morgan fingerprint density at radius 1 is 1.21 bits per heavy atom. The fourth-order valence-electron chi connectivity index (χ4n) is 2.95. The first-order valence-corrected chi connectivity index (χ1v) is 8.35. The van der Waals surface area contributed by atoms with E-state index < -0.39 is 0 Å². The fourth-order valence-corrected chi connectivity index (χ4v) is 2.95. The molecule has 0 unspecified atom stereocenters. The molecule has 0 aliphatic carbocycles. The predicted octanol–water partition coefficient (Wildman–Crippen LogP) is 2.00. The number of fused-ring (bicyclic) bond motifs is 1. The van der Waals surface area contributed by atoms with E-state index in [-0.39, 0.29) is 11.5 Å². The van der Waals surface area contributed by atoms with Gasteiger partial charge in [0.2, 0.25) is 5.91 Å². The van der Waals surface area contributed by atoms with Gasteiger partial charge in [-0.2, -0.15) is 0 Å². The van der Waals surface area contributed by atoms with Crippen molar-refractivity contribution < 1.29 is 9.53 Å². The van der Waals surface area contributed by atoms with Gasteiger partial charge in [-0.25, -0.2) is 0 Å². The quantitative estimate of drug-likeness (QED) is 0.914. The fraction of sp³-hybridized carbons (Fsp3) is 0.368. The standard InChI is InChI=1S/C19H22N2O3/c22-18(8-11-21-10-4-3-7-19(21)23)20-14-15-9-12-24-17-6-2-1-5-16(17)13-15/h1-7,10,15H,8-9,11-14H2,(H,20,22)/t15-/m1/s1. The lowest BCUT2D eigenvalue weighted by molar-refractivity contribution is -0.121. The molecule has 1 aromatic heterocycles. The van der Waals surface area contributed by atoms with Gasteiger partial charge in [0.05, 0.1) is 6.61 Å². The van der Waals surface area contributed by atoms with Gasteiger partial charge in [0.25, 0.3) is 5.56 Å². The van der Waals surface area contributed by atoms with Gasteiger partial charge < -0.3 is 14.6 Å². The zero-order valence-electron chi connectivity index (χ0n) is 13.6. The van der Waals surface area contributed by atoms with E-state index in [0.717, 1.165) is 18.6 Å². The van der Waals surface area contributed by atoms with Gasteiger partial charge in [0, 0.05) is 31.8 Å². The van der Waals surface area contributed by atoms with E-state index >= 15 is 0 Å². The van der Waals surface area contributed by atoms with Crippen LogP contribution in [0.4, 0.5) is 0 Å². The monoisotopic (exact) mass is 326 g/mol. The summed E-state index contributed by atoms with van der Waals surface area (Å²) < 4.78 is 7.30. The normalized spacial score (nSPS) is 16.6. The van der Waals surface area contributed by atoms with Crippen molar-refractivity contribution in [1.82, 2.24) is 9.88 Å². The molecule has 2 heterocycles. The van der Waals surface area contributed by atoms with E-state index in [1.54, 1.807) is 22.9 Å². The van der Waals surface area contributed by atoms with Crippen molar-refractivity contribution >= 4 is 5.91 Å². The minimum Gasteiger partial charge on any atom is -0.493 e. The van der Waals surface area contributed by atoms with Crippen molar-refractivity contribution in [1.29, 1.82) is 0 Å². The first-order chi connectivity index (χ1) is 11.7. The van der Waals surface area contributed by atoms with E-state index in [0.29, 0.717) is 32.0 Å². The number of aromatic nitrogens is 1. The molecule has 1 N–H and O–H groups in total.